The van der Waals surface area contributed by atoms with Crippen molar-refractivity contribution in [1.82, 2.24) is 20.3 Å². The van der Waals surface area contributed by atoms with Gasteiger partial charge in [-0.1, -0.05) is 6.92 Å². The number of methoxy groups -OCH3 is 1. The molecule has 0 aromatic carbocycles. The molecule has 130 valence electrons. The van der Waals surface area contributed by atoms with Crippen molar-refractivity contribution in [3.8, 4) is 5.88 Å². The number of ether oxygens (including phenoxy) is 1. The summed E-state index contributed by atoms with van der Waals surface area (Å²) in [6, 6.07) is -1.28. The lowest BCUT2D eigenvalue weighted by atomic mass is 10.2. The lowest BCUT2D eigenvalue weighted by molar-refractivity contribution is -0.140. The fraction of sp³-hybridized carbons (Fsp3) is 0.385. The molecule has 0 saturated carbocycles. The summed E-state index contributed by atoms with van der Waals surface area (Å²) >= 11 is 0.842. The molecule has 2 heterocycles. The fourth-order valence-electron chi connectivity index (χ4n) is 1.80. The maximum atomic E-state index is 12.6. The zero-order chi connectivity index (χ0) is 17.7. The number of carbonyl (C=O) groups is 1. The predicted octanol–water partition coefficient (Wildman–Crippen LogP) is 3.23. The third-order valence-corrected chi connectivity index (χ3v) is 3.90. The Kier molecular flexibility index (Phi) is 5.54. The molecule has 11 heteroatoms. The van der Waals surface area contributed by atoms with Crippen molar-refractivity contribution in [3.63, 3.8) is 0 Å². The number of halogens is 3. The average molecular weight is 361 g/mol. The van der Waals surface area contributed by atoms with Gasteiger partial charge < -0.3 is 15.4 Å². The molecule has 0 saturated heterocycles. The minimum absolute atomic E-state index is 0.168. The Morgan fingerprint density at radius 3 is 2.79 bits per heavy atom. The highest BCUT2D eigenvalue weighted by Crippen LogP contribution is 2.32. The van der Waals surface area contributed by atoms with Crippen molar-refractivity contribution in [2.75, 3.05) is 12.4 Å². The number of thiazole rings is 1. The maximum Gasteiger partial charge on any atom is 0.434 e. The maximum absolute atomic E-state index is 12.6. The van der Waals surface area contributed by atoms with E-state index in [9.17, 15) is 18.0 Å². The molecule has 0 aliphatic heterocycles. The van der Waals surface area contributed by atoms with E-state index < -0.39 is 23.9 Å². The van der Waals surface area contributed by atoms with E-state index in [2.05, 4.69) is 25.6 Å². The van der Waals surface area contributed by atoms with Crippen LogP contribution in [0.3, 0.4) is 0 Å². The summed E-state index contributed by atoms with van der Waals surface area (Å²) in [6.07, 6.45) is -1.53. The first-order valence-corrected chi connectivity index (χ1v) is 7.67. The second-order valence-corrected chi connectivity index (χ2v) is 5.46. The topological polar surface area (TPSA) is 89.0 Å². The molecule has 24 heavy (non-hydrogen) atoms. The van der Waals surface area contributed by atoms with Crippen molar-refractivity contribution in [2.45, 2.75) is 25.6 Å². The molecule has 2 rings (SSSR count). The first kappa shape index (κ1) is 17.9. The van der Waals surface area contributed by atoms with Gasteiger partial charge in [0.2, 0.25) is 5.88 Å². The normalized spacial score (nSPS) is 12.5. The number of hydrogen-bond acceptors (Lipinski definition) is 6. The van der Waals surface area contributed by atoms with Gasteiger partial charge in [-0.05, 0) is 6.42 Å². The number of rotatable bonds is 5. The molecular formula is C13H14F3N5O2S. The Labute approximate surface area is 139 Å². The van der Waals surface area contributed by atoms with E-state index in [1.54, 1.807) is 6.92 Å². The number of anilines is 1. The standard InChI is InChI=1S/C13H14F3N5O2S/c1-3-7(11-21-9(5-24-11)13(14,15)16)19-12(22)20-8-4-17-6-18-10(8)23-2/h4-7H,3H2,1-2H3,(H2,19,20,22). The van der Waals surface area contributed by atoms with E-state index in [0.29, 0.717) is 6.42 Å². The molecule has 2 aromatic heterocycles. The van der Waals surface area contributed by atoms with Crippen LogP contribution >= 0.6 is 11.3 Å². The number of nitrogens with one attached hydrogen (secondary N) is 2. The lowest BCUT2D eigenvalue weighted by Crippen LogP contribution is -2.32. The van der Waals surface area contributed by atoms with Crippen LogP contribution in [0.4, 0.5) is 23.7 Å². The van der Waals surface area contributed by atoms with Gasteiger partial charge in [0, 0.05) is 5.38 Å². The monoisotopic (exact) mass is 361 g/mol. The van der Waals surface area contributed by atoms with Crippen molar-refractivity contribution in [2.24, 2.45) is 0 Å². The van der Waals surface area contributed by atoms with Crippen LogP contribution in [0.15, 0.2) is 17.9 Å². The lowest BCUT2D eigenvalue weighted by Gasteiger charge is -2.15. The molecule has 0 aliphatic carbocycles. The van der Waals surface area contributed by atoms with Gasteiger partial charge in [0.15, 0.2) is 5.69 Å². The molecule has 2 N–H and O–H groups in total. The van der Waals surface area contributed by atoms with Crippen LogP contribution in [0, 0.1) is 0 Å². The van der Waals surface area contributed by atoms with E-state index in [4.69, 9.17) is 4.74 Å². The minimum Gasteiger partial charge on any atom is -0.479 e. The highest BCUT2D eigenvalue weighted by molar-refractivity contribution is 7.09. The number of nitrogens with zero attached hydrogens (tertiary/aromatic N) is 3. The number of amides is 2. The molecule has 1 atom stereocenters. The summed E-state index contributed by atoms with van der Waals surface area (Å²) in [7, 11) is 1.38. The summed E-state index contributed by atoms with van der Waals surface area (Å²) < 4.78 is 42.8. The molecule has 2 aromatic rings. The van der Waals surface area contributed by atoms with Crippen molar-refractivity contribution < 1.29 is 22.7 Å². The van der Waals surface area contributed by atoms with Crippen molar-refractivity contribution in [1.29, 1.82) is 0 Å². The van der Waals surface area contributed by atoms with Gasteiger partial charge in [-0.3, -0.25) is 0 Å². The Morgan fingerprint density at radius 1 is 1.46 bits per heavy atom. The number of carbonyl (C=O) groups excluding carboxylic acids is 1. The van der Waals surface area contributed by atoms with Crippen LogP contribution in [0.25, 0.3) is 0 Å². The van der Waals surface area contributed by atoms with Gasteiger partial charge in [0.25, 0.3) is 0 Å². The van der Waals surface area contributed by atoms with Crippen molar-refractivity contribution in [3.05, 3.63) is 28.6 Å². The number of aromatic nitrogens is 3. The van der Waals surface area contributed by atoms with Crippen LogP contribution in [0.5, 0.6) is 5.88 Å². The van der Waals surface area contributed by atoms with Crippen LogP contribution in [-0.2, 0) is 6.18 Å². The summed E-state index contributed by atoms with van der Waals surface area (Å²) in [5.74, 6) is 0.168. The molecule has 7 nitrogen and oxygen atoms in total. The van der Waals surface area contributed by atoms with E-state index in [1.165, 1.54) is 19.6 Å². The van der Waals surface area contributed by atoms with E-state index in [0.717, 1.165) is 16.7 Å². The third-order valence-electron chi connectivity index (χ3n) is 2.94. The number of urea groups is 1. The first-order valence-electron chi connectivity index (χ1n) is 6.79. The van der Waals surface area contributed by atoms with Gasteiger partial charge in [-0.15, -0.1) is 11.3 Å². The van der Waals surface area contributed by atoms with E-state index >= 15 is 0 Å². The summed E-state index contributed by atoms with van der Waals surface area (Å²) in [5.41, 5.74) is -0.733. The smallest absolute Gasteiger partial charge is 0.434 e. The largest absolute Gasteiger partial charge is 0.479 e. The first-order chi connectivity index (χ1) is 11.3. The van der Waals surface area contributed by atoms with Crippen LogP contribution < -0.4 is 15.4 Å². The second-order valence-electron chi connectivity index (χ2n) is 4.57. The molecule has 0 bridgehead atoms. The summed E-state index contributed by atoms with van der Waals surface area (Å²) in [6.45, 7) is 1.73. The average Bonchev–Trinajstić information content (AvgIpc) is 3.03. The SMILES string of the molecule is CCC(NC(=O)Nc1cncnc1OC)c1nc(C(F)(F)F)cs1. The minimum atomic E-state index is -4.51. The van der Waals surface area contributed by atoms with Gasteiger partial charge in [-0.2, -0.15) is 18.2 Å². The second kappa shape index (κ2) is 7.43. The van der Waals surface area contributed by atoms with Gasteiger partial charge in [-0.25, -0.2) is 14.8 Å². The fourth-order valence-corrected chi connectivity index (χ4v) is 2.76. The molecule has 2 amide bonds. The van der Waals surface area contributed by atoms with Crippen LogP contribution in [0.1, 0.15) is 30.1 Å². The van der Waals surface area contributed by atoms with Gasteiger partial charge in [0.05, 0.1) is 19.3 Å². The number of alkyl halides is 3. The Morgan fingerprint density at radius 2 is 2.21 bits per heavy atom. The summed E-state index contributed by atoms with van der Waals surface area (Å²) in [5, 5.41) is 6.15. The summed E-state index contributed by atoms with van der Waals surface area (Å²) in [4.78, 5) is 23.2. The quantitative estimate of drug-likeness (QED) is 0.853. The third kappa shape index (κ3) is 4.31. The van der Waals surface area contributed by atoms with E-state index in [1.807, 2.05) is 0 Å². The van der Waals surface area contributed by atoms with Crippen molar-refractivity contribution >= 4 is 23.1 Å². The van der Waals surface area contributed by atoms with Crippen LogP contribution in [-0.4, -0.2) is 28.1 Å². The van der Waals surface area contributed by atoms with Gasteiger partial charge >= 0.3 is 12.2 Å². The van der Waals surface area contributed by atoms with Crippen LogP contribution in [0.2, 0.25) is 0 Å². The zero-order valence-electron chi connectivity index (χ0n) is 12.7. The molecule has 0 spiro atoms. The zero-order valence-corrected chi connectivity index (χ0v) is 13.5. The molecule has 0 fully saturated rings. The predicted molar refractivity (Wildman–Crippen MR) is 80.9 cm³/mol. The highest BCUT2D eigenvalue weighted by atomic mass is 32.1. The highest BCUT2D eigenvalue weighted by Gasteiger charge is 2.34. The van der Waals surface area contributed by atoms with E-state index in [-0.39, 0.29) is 16.6 Å². The number of hydrogen-bond donors (Lipinski definition) is 2. The molecule has 1 unspecified atom stereocenters. The molecular weight excluding hydrogens is 347 g/mol. The van der Waals surface area contributed by atoms with Gasteiger partial charge in [0.1, 0.15) is 17.0 Å². The molecule has 0 aliphatic rings. The Bertz CT molecular complexity index is 707. The Hall–Kier alpha value is -2.43. The Balaban J connectivity index is 2.07. The molecule has 0 radical (unpaired) electrons.